The van der Waals surface area contributed by atoms with Gasteiger partial charge in [0.2, 0.25) is 0 Å². The third-order valence-corrected chi connectivity index (χ3v) is 3.64. The number of aryl methyl sites for hydroxylation is 1. The van der Waals surface area contributed by atoms with E-state index in [1.807, 2.05) is 19.3 Å². The highest BCUT2D eigenvalue weighted by Gasteiger charge is 2.22. The molecule has 3 heteroatoms. The number of hydrogen-bond acceptors (Lipinski definition) is 2. The lowest BCUT2D eigenvalue weighted by Gasteiger charge is -2.21. The minimum absolute atomic E-state index is 0.277. The molecule has 0 aromatic carbocycles. The maximum absolute atomic E-state index is 11.7. The molecule has 18 heavy (non-hydrogen) atoms. The Morgan fingerprint density at radius 2 is 2.22 bits per heavy atom. The normalized spacial score (nSPS) is 17.4. The van der Waals surface area contributed by atoms with Crippen LogP contribution in [0, 0.1) is 0 Å². The summed E-state index contributed by atoms with van der Waals surface area (Å²) in [7, 11) is 0. The van der Waals surface area contributed by atoms with Crippen LogP contribution in [0.3, 0.4) is 0 Å². The summed E-state index contributed by atoms with van der Waals surface area (Å²) in [6.07, 6.45) is 12.4. The van der Waals surface area contributed by atoms with Gasteiger partial charge in [0.25, 0.3) is 0 Å². The monoisotopic (exact) mass is 243 g/mol. The fourth-order valence-corrected chi connectivity index (χ4v) is 2.80. The topological polar surface area (TPSA) is 31.2 Å². The maximum atomic E-state index is 11.7. The van der Waals surface area contributed by atoms with Gasteiger partial charge in [-0.1, -0.05) is 12.2 Å². The molecule has 0 radical (unpaired) electrons. The molecule has 1 aromatic heterocycles. The van der Waals surface area contributed by atoms with Crippen LogP contribution in [0.4, 0.5) is 4.79 Å². The summed E-state index contributed by atoms with van der Waals surface area (Å²) in [4.78, 5) is 11.7. The molecule has 1 aromatic rings. The van der Waals surface area contributed by atoms with Gasteiger partial charge in [0.1, 0.15) is 0 Å². The van der Waals surface area contributed by atoms with Crippen LogP contribution < -0.4 is 0 Å². The van der Waals surface area contributed by atoms with Gasteiger partial charge in [-0.2, -0.15) is 0 Å². The fourth-order valence-electron chi connectivity index (χ4n) is 2.80. The zero-order valence-electron chi connectivity index (χ0n) is 10.6. The van der Waals surface area contributed by atoms with Gasteiger partial charge in [-0.05, 0) is 54.9 Å². The Kier molecular flexibility index (Phi) is 2.82. The average Bonchev–Trinajstić information content (AvgIpc) is 2.83. The van der Waals surface area contributed by atoms with E-state index in [2.05, 4.69) is 12.2 Å². The summed E-state index contributed by atoms with van der Waals surface area (Å²) in [6.45, 7) is 2.24. The van der Waals surface area contributed by atoms with Crippen LogP contribution in [-0.2, 0) is 11.2 Å². The van der Waals surface area contributed by atoms with Crippen LogP contribution in [0.15, 0.2) is 30.1 Å². The molecular formula is C15H17NO2. The minimum Gasteiger partial charge on any atom is -0.449 e. The molecular weight excluding hydrogens is 226 g/mol. The zero-order chi connectivity index (χ0) is 12.5. The third kappa shape index (κ3) is 1.80. The number of rotatable bonds is 1. The van der Waals surface area contributed by atoms with Crippen molar-refractivity contribution in [1.82, 2.24) is 4.57 Å². The first-order valence-corrected chi connectivity index (χ1v) is 6.56. The van der Waals surface area contributed by atoms with Crippen molar-refractivity contribution in [2.75, 3.05) is 6.61 Å². The molecule has 0 unspecified atom stereocenters. The van der Waals surface area contributed by atoms with Crippen molar-refractivity contribution in [3.63, 3.8) is 0 Å². The highest BCUT2D eigenvalue weighted by atomic mass is 16.5. The summed E-state index contributed by atoms with van der Waals surface area (Å²) >= 11 is 0. The van der Waals surface area contributed by atoms with Crippen LogP contribution >= 0.6 is 0 Å². The second kappa shape index (κ2) is 4.48. The number of nitrogens with zero attached hydrogens (tertiary/aromatic N) is 1. The Balaban J connectivity index is 1.98. The van der Waals surface area contributed by atoms with Gasteiger partial charge >= 0.3 is 6.09 Å². The summed E-state index contributed by atoms with van der Waals surface area (Å²) in [5.74, 6) is 0. The van der Waals surface area contributed by atoms with Crippen molar-refractivity contribution in [3.05, 3.63) is 41.2 Å². The van der Waals surface area contributed by atoms with Crippen LogP contribution in [0.2, 0.25) is 0 Å². The highest BCUT2D eigenvalue weighted by Crippen LogP contribution is 2.37. The van der Waals surface area contributed by atoms with E-state index >= 15 is 0 Å². The van der Waals surface area contributed by atoms with Crippen LogP contribution in [0.5, 0.6) is 0 Å². The molecule has 0 N–H and O–H groups in total. The van der Waals surface area contributed by atoms with E-state index in [0.29, 0.717) is 6.61 Å². The molecule has 0 bridgehead atoms. The highest BCUT2D eigenvalue weighted by molar-refractivity contribution is 5.79. The number of ether oxygens (including phenoxy) is 1. The SMILES string of the molecule is CCOC(=O)n1cc2c(c1)C1=C(C=CCC1)CC2. The van der Waals surface area contributed by atoms with E-state index in [0.717, 1.165) is 25.7 Å². The summed E-state index contributed by atoms with van der Waals surface area (Å²) in [5, 5.41) is 0. The van der Waals surface area contributed by atoms with Gasteiger partial charge in [-0.15, -0.1) is 0 Å². The molecule has 0 atom stereocenters. The Labute approximate surface area is 107 Å². The number of fused-ring (bicyclic) bond motifs is 2. The van der Waals surface area contributed by atoms with Crippen LogP contribution in [0.25, 0.3) is 5.57 Å². The Bertz CT molecular complexity index is 549. The standard InChI is InChI=1S/C15H17NO2/c1-2-18-15(17)16-9-12-8-7-11-5-3-4-6-13(11)14(12)10-16/h3,5,9-10H,2,4,6-8H2,1H3. The summed E-state index contributed by atoms with van der Waals surface area (Å²) in [6, 6.07) is 0. The van der Waals surface area contributed by atoms with Crippen molar-refractivity contribution in [2.45, 2.75) is 32.6 Å². The van der Waals surface area contributed by atoms with Gasteiger partial charge < -0.3 is 4.74 Å². The van der Waals surface area contributed by atoms with Crippen molar-refractivity contribution in [1.29, 1.82) is 0 Å². The molecule has 0 aliphatic heterocycles. The number of allylic oxidation sites excluding steroid dienone is 4. The molecule has 0 spiro atoms. The molecule has 3 nitrogen and oxygen atoms in total. The number of hydrogen-bond donors (Lipinski definition) is 0. The van der Waals surface area contributed by atoms with E-state index in [9.17, 15) is 4.79 Å². The molecule has 0 fully saturated rings. The first-order valence-electron chi connectivity index (χ1n) is 6.56. The number of aromatic nitrogens is 1. The summed E-state index contributed by atoms with van der Waals surface area (Å²) in [5.41, 5.74) is 5.38. The van der Waals surface area contributed by atoms with Crippen molar-refractivity contribution < 1.29 is 9.53 Å². The van der Waals surface area contributed by atoms with Gasteiger partial charge in [-0.25, -0.2) is 4.79 Å². The lowest BCUT2D eigenvalue weighted by molar-refractivity contribution is 0.154. The van der Waals surface area contributed by atoms with Gasteiger partial charge in [-0.3, -0.25) is 4.57 Å². The van der Waals surface area contributed by atoms with E-state index in [1.54, 1.807) is 4.57 Å². The Morgan fingerprint density at radius 3 is 3.06 bits per heavy atom. The molecule has 0 saturated heterocycles. The molecule has 0 saturated carbocycles. The smallest absolute Gasteiger partial charge is 0.417 e. The van der Waals surface area contributed by atoms with Crippen molar-refractivity contribution in [2.24, 2.45) is 0 Å². The Morgan fingerprint density at radius 1 is 1.33 bits per heavy atom. The second-order valence-electron chi connectivity index (χ2n) is 4.75. The number of carbonyl (C=O) groups is 1. The molecule has 94 valence electrons. The molecule has 0 amide bonds. The predicted octanol–water partition coefficient (Wildman–Crippen LogP) is 3.54. The van der Waals surface area contributed by atoms with Crippen molar-refractivity contribution in [3.8, 4) is 0 Å². The van der Waals surface area contributed by atoms with Crippen LogP contribution in [-0.4, -0.2) is 17.3 Å². The molecule has 2 aliphatic carbocycles. The first-order chi connectivity index (χ1) is 8.79. The molecule has 2 aliphatic rings. The van der Waals surface area contributed by atoms with E-state index in [4.69, 9.17) is 4.74 Å². The second-order valence-corrected chi connectivity index (χ2v) is 4.75. The molecule has 3 rings (SSSR count). The van der Waals surface area contributed by atoms with Crippen molar-refractivity contribution >= 4 is 11.7 Å². The van der Waals surface area contributed by atoms with E-state index in [-0.39, 0.29) is 6.09 Å². The largest absolute Gasteiger partial charge is 0.449 e. The lowest BCUT2D eigenvalue weighted by atomic mass is 9.83. The summed E-state index contributed by atoms with van der Waals surface area (Å²) < 4.78 is 6.62. The maximum Gasteiger partial charge on any atom is 0.417 e. The quantitative estimate of drug-likeness (QED) is 0.755. The lowest BCUT2D eigenvalue weighted by Crippen LogP contribution is -2.11. The van der Waals surface area contributed by atoms with Crippen LogP contribution in [0.1, 0.15) is 37.3 Å². The minimum atomic E-state index is -0.277. The number of carbonyl (C=O) groups excluding carboxylic acids is 1. The Hall–Kier alpha value is -1.77. The van der Waals surface area contributed by atoms with Gasteiger partial charge in [0.15, 0.2) is 0 Å². The zero-order valence-corrected chi connectivity index (χ0v) is 10.6. The fraction of sp³-hybridized carbons (Fsp3) is 0.400. The van der Waals surface area contributed by atoms with Gasteiger partial charge in [0.05, 0.1) is 6.61 Å². The third-order valence-electron chi connectivity index (χ3n) is 3.64. The predicted molar refractivity (Wildman–Crippen MR) is 70.5 cm³/mol. The van der Waals surface area contributed by atoms with E-state index in [1.165, 1.54) is 22.3 Å². The van der Waals surface area contributed by atoms with Gasteiger partial charge in [0, 0.05) is 12.4 Å². The molecule has 1 heterocycles. The van der Waals surface area contributed by atoms with E-state index < -0.39 is 0 Å². The first kappa shape index (κ1) is 11.3. The average molecular weight is 243 g/mol.